The molecule has 82 valence electrons. The maximum absolute atomic E-state index is 6.06. The third kappa shape index (κ3) is 4.25. The number of halogens is 2. The second-order valence-corrected chi connectivity index (χ2v) is 4.32. The lowest BCUT2D eigenvalue weighted by Crippen LogP contribution is -2.20. The van der Waals surface area contributed by atoms with Crippen LogP contribution in [0.4, 0.5) is 0 Å². The zero-order valence-electron chi connectivity index (χ0n) is 8.84. The Morgan fingerprint density at radius 1 is 1.40 bits per heavy atom. The van der Waals surface area contributed by atoms with E-state index in [2.05, 4.69) is 11.5 Å². The lowest BCUT2D eigenvalue weighted by molar-refractivity contribution is 0.356. The van der Waals surface area contributed by atoms with Crippen molar-refractivity contribution in [2.45, 2.75) is 6.54 Å². The molecule has 0 amide bonds. The van der Waals surface area contributed by atoms with Gasteiger partial charge < -0.3 is 0 Å². The van der Waals surface area contributed by atoms with Crippen molar-refractivity contribution in [2.24, 2.45) is 0 Å². The number of likely N-dealkylation sites (N-methyl/N-ethyl adjacent to an activating group) is 1. The molecule has 0 aliphatic carbocycles. The van der Waals surface area contributed by atoms with Gasteiger partial charge in [-0.15, -0.1) is 11.6 Å². The fraction of sp³-hybridized carbons (Fsp3) is 0.333. The molecule has 0 fully saturated rings. The molecule has 0 saturated carbocycles. The molecule has 0 bridgehead atoms. The van der Waals surface area contributed by atoms with Crippen molar-refractivity contribution in [1.82, 2.24) is 4.90 Å². The first kappa shape index (κ1) is 12.6. The minimum Gasteiger partial charge on any atom is -0.298 e. The number of nitrogens with zero attached hydrogens (tertiary/aromatic N) is 1. The summed E-state index contributed by atoms with van der Waals surface area (Å²) in [5.74, 6) is 0.507. The predicted molar refractivity (Wildman–Crippen MR) is 67.6 cm³/mol. The molecule has 1 nitrogen and oxygen atoms in total. The molecule has 0 aromatic heterocycles. The van der Waals surface area contributed by atoms with Crippen molar-refractivity contribution >= 4 is 23.2 Å². The molecule has 0 radical (unpaired) electrons. The Morgan fingerprint density at radius 2 is 2.07 bits per heavy atom. The van der Waals surface area contributed by atoms with Crippen molar-refractivity contribution in [3.8, 4) is 0 Å². The molecule has 1 rings (SSSR count). The molecule has 0 heterocycles. The molecule has 1 aromatic carbocycles. The van der Waals surface area contributed by atoms with Crippen LogP contribution in [0.1, 0.15) is 5.56 Å². The largest absolute Gasteiger partial charge is 0.298 e. The molecule has 0 N–H and O–H groups in total. The second kappa shape index (κ2) is 6.16. The van der Waals surface area contributed by atoms with E-state index in [9.17, 15) is 0 Å². The van der Waals surface area contributed by atoms with Gasteiger partial charge in [0.2, 0.25) is 0 Å². The van der Waals surface area contributed by atoms with Crippen LogP contribution in [0.15, 0.2) is 36.4 Å². The van der Waals surface area contributed by atoms with Gasteiger partial charge in [0.15, 0.2) is 0 Å². The monoisotopic (exact) mass is 243 g/mol. The van der Waals surface area contributed by atoms with Crippen LogP contribution in [-0.2, 0) is 6.54 Å². The Bertz CT molecular complexity index is 336. The Kier molecular flexibility index (Phi) is 5.16. The second-order valence-electron chi connectivity index (χ2n) is 3.65. The maximum Gasteiger partial charge on any atom is 0.0451 e. The summed E-state index contributed by atoms with van der Waals surface area (Å²) in [5, 5.41) is 0.806. The number of hydrogen-bond donors (Lipinski definition) is 0. The number of benzene rings is 1. The van der Waals surface area contributed by atoms with Crippen molar-refractivity contribution in [2.75, 3.05) is 19.5 Å². The third-order valence-electron chi connectivity index (χ3n) is 2.08. The number of rotatable bonds is 5. The smallest absolute Gasteiger partial charge is 0.0451 e. The fourth-order valence-corrected chi connectivity index (χ4v) is 1.68. The molecule has 0 unspecified atom stereocenters. The van der Waals surface area contributed by atoms with Crippen LogP contribution in [0.3, 0.4) is 0 Å². The number of hydrogen-bond acceptors (Lipinski definition) is 1. The van der Waals surface area contributed by atoms with Gasteiger partial charge in [0.25, 0.3) is 0 Å². The van der Waals surface area contributed by atoms with Crippen molar-refractivity contribution in [3.63, 3.8) is 0 Å². The van der Waals surface area contributed by atoms with E-state index in [0.717, 1.165) is 29.2 Å². The van der Waals surface area contributed by atoms with Gasteiger partial charge in [0.05, 0.1) is 0 Å². The lowest BCUT2D eigenvalue weighted by Gasteiger charge is -2.17. The van der Waals surface area contributed by atoms with Crippen LogP contribution in [0.5, 0.6) is 0 Å². The molecule has 0 atom stereocenters. The van der Waals surface area contributed by atoms with Crippen molar-refractivity contribution in [1.29, 1.82) is 0 Å². The first-order chi connectivity index (χ1) is 7.13. The Labute approximate surface area is 101 Å². The minimum absolute atomic E-state index is 0.507. The van der Waals surface area contributed by atoms with Gasteiger partial charge in [-0.05, 0) is 24.3 Å². The van der Waals surface area contributed by atoms with Gasteiger partial charge in [0, 0.05) is 24.0 Å². The summed E-state index contributed by atoms with van der Waals surface area (Å²) in [6.45, 7) is 5.49. The van der Waals surface area contributed by atoms with E-state index < -0.39 is 0 Å². The average molecular weight is 244 g/mol. The summed E-state index contributed by atoms with van der Waals surface area (Å²) in [6.07, 6.45) is 0. The Hall–Kier alpha value is -0.500. The summed E-state index contributed by atoms with van der Waals surface area (Å²) >= 11 is 11.7. The van der Waals surface area contributed by atoms with E-state index in [0.29, 0.717) is 5.88 Å². The summed E-state index contributed by atoms with van der Waals surface area (Å²) in [5.41, 5.74) is 2.15. The summed E-state index contributed by atoms with van der Waals surface area (Å²) in [6, 6.07) is 7.86. The highest BCUT2D eigenvalue weighted by atomic mass is 35.5. The summed E-state index contributed by atoms with van der Waals surface area (Å²) in [4.78, 5) is 2.14. The topological polar surface area (TPSA) is 3.24 Å². The first-order valence-corrected chi connectivity index (χ1v) is 5.69. The first-order valence-electron chi connectivity index (χ1n) is 4.78. The molecule has 0 aliphatic heterocycles. The van der Waals surface area contributed by atoms with Crippen molar-refractivity contribution in [3.05, 3.63) is 47.0 Å². The third-order valence-corrected chi connectivity index (χ3v) is 2.83. The van der Waals surface area contributed by atoms with Gasteiger partial charge >= 0.3 is 0 Å². The van der Waals surface area contributed by atoms with E-state index in [1.54, 1.807) is 0 Å². The van der Waals surface area contributed by atoms with E-state index in [1.165, 1.54) is 0 Å². The standard InChI is InChI=1S/C12H15Cl2N/c1-10(7-13)8-15(2)9-11-5-3-4-6-12(11)14/h3-6H,1,7-9H2,2H3. The van der Waals surface area contributed by atoms with Gasteiger partial charge in [-0.2, -0.15) is 0 Å². The zero-order valence-corrected chi connectivity index (χ0v) is 10.4. The highest BCUT2D eigenvalue weighted by Crippen LogP contribution is 2.16. The van der Waals surface area contributed by atoms with E-state index in [4.69, 9.17) is 23.2 Å². The molecule has 0 spiro atoms. The maximum atomic E-state index is 6.06. The van der Waals surface area contributed by atoms with Gasteiger partial charge in [-0.3, -0.25) is 4.90 Å². The van der Waals surface area contributed by atoms with Crippen LogP contribution in [-0.4, -0.2) is 24.4 Å². The van der Waals surface area contributed by atoms with Crippen molar-refractivity contribution < 1.29 is 0 Å². The predicted octanol–water partition coefficient (Wildman–Crippen LogP) is 3.57. The SMILES string of the molecule is C=C(CCl)CN(C)Cc1ccccc1Cl. The molecular formula is C12H15Cl2N. The molecule has 3 heteroatoms. The Balaban J connectivity index is 2.55. The summed E-state index contributed by atoms with van der Waals surface area (Å²) in [7, 11) is 2.03. The fourth-order valence-electron chi connectivity index (χ4n) is 1.40. The molecule has 0 saturated heterocycles. The number of alkyl halides is 1. The van der Waals surface area contributed by atoms with Crippen LogP contribution in [0, 0.1) is 0 Å². The molecule has 1 aromatic rings. The highest BCUT2D eigenvalue weighted by molar-refractivity contribution is 6.31. The Morgan fingerprint density at radius 3 is 2.67 bits per heavy atom. The van der Waals surface area contributed by atoms with Crippen LogP contribution >= 0.6 is 23.2 Å². The summed E-state index contributed by atoms with van der Waals surface area (Å²) < 4.78 is 0. The molecule has 15 heavy (non-hydrogen) atoms. The minimum atomic E-state index is 0.507. The van der Waals surface area contributed by atoms with E-state index in [1.807, 2.05) is 31.3 Å². The van der Waals surface area contributed by atoms with Crippen LogP contribution in [0.2, 0.25) is 5.02 Å². The van der Waals surface area contributed by atoms with E-state index >= 15 is 0 Å². The zero-order chi connectivity index (χ0) is 11.3. The van der Waals surface area contributed by atoms with Gasteiger partial charge in [0.1, 0.15) is 0 Å². The molecule has 0 aliphatic rings. The van der Waals surface area contributed by atoms with Gasteiger partial charge in [-0.1, -0.05) is 36.4 Å². The average Bonchev–Trinajstić information content (AvgIpc) is 2.21. The van der Waals surface area contributed by atoms with Crippen LogP contribution < -0.4 is 0 Å². The highest BCUT2D eigenvalue weighted by Gasteiger charge is 2.04. The van der Waals surface area contributed by atoms with E-state index in [-0.39, 0.29) is 0 Å². The quantitative estimate of drug-likeness (QED) is 0.565. The van der Waals surface area contributed by atoms with Gasteiger partial charge in [-0.25, -0.2) is 0 Å². The lowest BCUT2D eigenvalue weighted by atomic mass is 10.2. The molecular weight excluding hydrogens is 229 g/mol. The van der Waals surface area contributed by atoms with Crippen LogP contribution in [0.25, 0.3) is 0 Å². The normalized spacial score (nSPS) is 10.7.